The number of benzene rings is 1. The number of sulfonamides is 1. The maximum atomic E-state index is 12.0. The molecule has 0 aliphatic carbocycles. The van der Waals surface area contributed by atoms with Gasteiger partial charge in [0.05, 0.1) is 10.5 Å². The van der Waals surface area contributed by atoms with Crippen LogP contribution in [0.3, 0.4) is 0 Å². The SMILES string of the molecule is CC(C)NS(=O)(=O)c1ccc(/C=C/C(=O)Nc2sccc2C#N)cc1. The quantitative estimate of drug-likeness (QED) is 0.758. The fraction of sp³-hybridized carbons (Fsp3) is 0.176. The van der Waals surface area contributed by atoms with Gasteiger partial charge in [-0.2, -0.15) is 5.26 Å². The topological polar surface area (TPSA) is 99.1 Å². The van der Waals surface area contributed by atoms with Crippen molar-refractivity contribution in [1.29, 1.82) is 5.26 Å². The molecule has 0 aliphatic rings. The monoisotopic (exact) mass is 375 g/mol. The third kappa shape index (κ3) is 5.26. The number of nitrogens with one attached hydrogen (secondary N) is 2. The van der Waals surface area contributed by atoms with Gasteiger partial charge in [-0.3, -0.25) is 4.79 Å². The minimum atomic E-state index is -3.53. The van der Waals surface area contributed by atoms with Gasteiger partial charge in [0.1, 0.15) is 11.1 Å². The lowest BCUT2D eigenvalue weighted by Gasteiger charge is -2.09. The van der Waals surface area contributed by atoms with Crippen LogP contribution < -0.4 is 10.0 Å². The first-order chi connectivity index (χ1) is 11.8. The summed E-state index contributed by atoms with van der Waals surface area (Å²) >= 11 is 1.27. The molecule has 0 spiro atoms. The summed E-state index contributed by atoms with van der Waals surface area (Å²) in [6.45, 7) is 3.50. The van der Waals surface area contributed by atoms with Crippen LogP contribution >= 0.6 is 11.3 Å². The molecule has 0 unspecified atom stereocenters. The molecule has 2 rings (SSSR count). The van der Waals surface area contributed by atoms with Gasteiger partial charge in [0.25, 0.3) is 0 Å². The highest BCUT2D eigenvalue weighted by atomic mass is 32.2. The van der Waals surface area contributed by atoms with Crippen molar-refractivity contribution in [2.45, 2.75) is 24.8 Å². The second-order valence-electron chi connectivity index (χ2n) is 5.44. The molecule has 2 aromatic rings. The van der Waals surface area contributed by atoms with Crippen LogP contribution in [-0.2, 0) is 14.8 Å². The number of carbonyl (C=O) groups is 1. The first kappa shape index (κ1) is 18.9. The summed E-state index contributed by atoms with van der Waals surface area (Å²) in [4.78, 5) is 12.1. The number of nitriles is 1. The van der Waals surface area contributed by atoms with Crippen LogP contribution in [0, 0.1) is 11.3 Å². The van der Waals surface area contributed by atoms with Gasteiger partial charge >= 0.3 is 0 Å². The summed E-state index contributed by atoms with van der Waals surface area (Å²) < 4.78 is 26.6. The van der Waals surface area contributed by atoms with Crippen LogP contribution in [-0.4, -0.2) is 20.4 Å². The summed E-state index contributed by atoms with van der Waals surface area (Å²) in [7, 11) is -3.53. The van der Waals surface area contributed by atoms with E-state index in [0.717, 1.165) is 0 Å². The van der Waals surface area contributed by atoms with E-state index < -0.39 is 10.0 Å². The second-order valence-corrected chi connectivity index (χ2v) is 8.07. The van der Waals surface area contributed by atoms with E-state index in [9.17, 15) is 13.2 Å². The van der Waals surface area contributed by atoms with Gasteiger partial charge in [0, 0.05) is 12.1 Å². The number of amides is 1. The molecule has 1 heterocycles. The van der Waals surface area contributed by atoms with Crippen LogP contribution in [0.4, 0.5) is 5.00 Å². The Labute approximate surface area is 150 Å². The number of rotatable bonds is 6. The Bertz CT molecular complexity index is 921. The van der Waals surface area contributed by atoms with Gasteiger partial charge in [0.15, 0.2) is 0 Å². The molecule has 1 aromatic heterocycles. The van der Waals surface area contributed by atoms with Crippen molar-refractivity contribution in [2.75, 3.05) is 5.32 Å². The van der Waals surface area contributed by atoms with E-state index in [4.69, 9.17) is 5.26 Å². The van der Waals surface area contributed by atoms with Crippen LogP contribution in [0.5, 0.6) is 0 Å². The van der Waals surface area contributed by atoms with E-state index in [2.05, 4.69) is 10.0 Å². The molecule has 25 heavy (non-hydrogen) atoms. The largest absolute Gasteiger partial charge is 0.313 e. The molecule has 0 saturated carbocycles. The zero-order chi connectivity index (χ0) is 18.4. The highest BCUT2D eigenvalue weighted by Gasteiger charge is 2.14. The molecule has 0 saturated heterocycles. The highest BCUT2D eigenvalue weighted by molar-refractivity contribution is 7.89. The van der Waals surface area contributed by atoms with Gasteiger partial charge in [-0.15, -0.1) is 11.3 Å². The average molecular weight is 375 g/mol. The average Bonchev–Trinajstić information content (AvgIpc) is 2.99. The van der Waals surface area contributed by atoms with Crippen LogP contribution in [0.2, 0.25) is 0 Å². The minimum absolute atomic E-state index is 0.167. The molecule has 0 fully saturated rings. The molecule has 2 N–H and O–H groups in total. The fourth-order valence-electron chi connectivity index (χ4n) is 1.96. The molecule has 1 aromatic carbocycles. The van der Waals surface area contributed by atoms with Crippen molar-refractivity contribution in [3.8, 4) is 6.07 Å². The Balaban J connectivity index is 2.04. The van der Waals surface area contributed by atoms with E-state index in [1.807, 2.05) is 6.07 Å². The normalized spacial score (nSPS) is 11.6. The van der Waals surface area contributed by atoms with Crippen molar-refractivity contribution >= 4 is 38.3 Å². The molecule has 0 bridgehead atoms. The number of nitrogens with zero attached hydrogens (tertiary/aromatic N) is 1. The van der Waals surface area contributed by atoms with Crippen LogP contribution in [0.15, 0.2) is 46.7 Å². The molecule has 130 valence electrons. The van der Waals surface area contributed by atoms with Gasteiger partial charge in [-0.25, -0.2) is 13.1 Å². The lowest BCUT2D eigenvalue weighted by molar-refractivity contribution is -0.111. The van der Waals surface area contributed by atoms with Gasteiger partial charge in [-0.1, -0.05) is 12.1 Å². The first-order valence-corrected chi connectivity index (χ1v) is 9.77. The summed E-state index contributed by atoms with van der Waals surface area (Å²) in [5.41, 5.74) is 1.10. The van der Waals surface area contributed by atoms with Crippen molar-refractivity contribution in [1.82, 2.24) is 4.72 Å². The standard InChI is InChI=1S/C17H17N3O3S2/c1-12(2)20-25(22,23)15-6-3-13(4-7-15)5-8-16(21)19-17-14(11-18)9-10-24-17/h3-10,12,20H,1-2H3,(H,19,21)/b8-5+. The van der Waals surface area contributed by atoms with E-state index in [1.54, 1.807) is 43.5 Å². The van der Waals surface area contributed by atoms with Crippen molar-refractivity contribution in [3.63, 3.8) is 0 Å². The number of anilines is 1. The maximum Gasteiger partial charge on any atom is 0.249 e. The molecular formula is C17H17N3O3S2. The van der Waals surface area contributed by atoms with E-state index >= 15 is 0 Å². The Kier molecular flexibility index (Phi) is 6.09. The van der Waals surface area contributed by atoms with Crippen LogP contribution in [0.1, 0.15) is 25.0 Å². The second kappa shape index (κ2) is 8.07. The summed E-state index contributed by atoms with van der Waals surface area (Å²) in [5.74, 6) is -0.364. The Morgan fingerprint density at radius 3 is 2.52 bits per heavy atom. The molecule has 0 radical (unpaired) electrons. The lowest BCUT2D eigenvalue weighted by Crippen LogP contribution is -2.30. The van der Waals surface area contributed by atoms with Crippen molar-refractivity contribution < 1.29 is 13.2 Å². The van der Waals surface area contributed by atoms with E-state index in [-0.39, 0.29) is 16.8 Å². The number of carbonyl (C=O) groups excluding carboxylic acids is 1. The summed E-state index contributed by atoms with van der Waals surface area (Å²) in [6, 6.07) is 9.63. The van der Waals surface area contributed by atoms with Crippen molar-refractivity contribution in [2.24, 2.45) is 0 Å². The molecule has 8 heteroatoms. The highest BCUT2D eigenvalue weighted by Crippen LogP contribution is 2.22. The van der Waals surface area contributed by atoms with Crippen LogP contribution in [0.25, 0.3) is 6.08 Å². The van der Waals surface area contributed by atoms with E-state index in [0.29, 0.717) is 16.1 Å². The Hall–Kier alpha value is -2.47. The summed E-state index contributed by atoms with van der Waals surface area (Å²) in [5, 5.41) is 13.8. The Morgan fingerprint density at radius 1 is 1.24 bits per heavy atom. The zero-order valence-electron chi connectivity index (χ0n) is 13.7. The predicted octanol–water partition coefficient (Wildman–Crippen LogP) is 2.96. The van der Waals surface area contributed by atoms with Gasteiger partial charge in [0.2, 0.25) is 15.9 Å². The van der Waals surface area contributed by atoms with Gasteiger partial charge < -0.3 is 5.32 Å². The van der Waals surface area contributed by atoms with Gasteiger partial charge in [-0.05, 0) is 49.1 Å². The molecule has 6 nitrogen and oxygen atoms in total. The molecule has 0 aliphatic heterocycles. The smallest absolute Gasteiger partial charge is 0.249 e. The number of thiophene rings is 1. The molecule has 1 amide bonds. The fourth-order valence-corrected chi connectivity index (χ4v) is 3.95. The maximum absolute atomic E-state index is 12.0. The molecule has 0 atom stereocenters. The number of hydrogen-bond acceptors (Lipinski definition) is 5. The summed E-state index contributed by atoms with van der Waals surface area (Å²) in [6.07, 6.45) is 2.90. The minimum Gasteiger partial charge on any atom is -0.313 e. The zero-order valence-corrected chi connectivity index (χ0v) is 15.3. The molecular weight excluding hydrogens is 358 g/mol. The predicted molar refractivity (Wildman–Crippen MR) is 98.6 cm³/mol. The first-order valence-electron chi connectivity index (χ1n) is 7.41. The number of hydrogen-bond donors (Lipinski definition) is 2. The Morgan fingerprint density at radius 2 is 1.92 bits per heavy atom. The third-order valence-electron chi connectivity index (χ3n) is 3.03. The lowest BCUT2D eigenvalue weighted by atomic mass is 10.2. The third-order valence-corrected chi connectivity index (χ3v) is 5.54. The van der Waals surface area contributed by atoms with E-state index in [1.165, 1.54) is 29.5 Å². The van der Waals surface area contributed by atoms with Crippen molar-refractivity contribution in [3.05, 3.63) is 52.9 Å².